The van der Waals surface area contributed by atoms with Crippen LogP contribution in [-0.2, 0) is 19.5 Å². The average molecular weight is 379 g/mol. The maximum Gasteiger partial charge on any atom is 0.147 e. The molecule has 0 unspecified atom stereocenters. The number of aryl methyl sites for hydroxylation is 1. The van der Waals surface area contributed by atoms with Crippen LogP contribution in [0, 0.1) is 0 Å². The third kappa shape index (κ3) is 3.68. The number of halogens is 2. The van der Waals surface area contributed by atoms with Crippen molar-refractivity contribution in [2.24, 2.45) is 0 Å². The van der Waals surface area contributed by atoms with Gasteiger partial charge in [-0.25, -0.2) is 0 Å². The van der Waals surface area contributed by atoms with Crippen LogP contribution in [0.15, 0.2) is 17.7 Å². The second kappa shape index (κ2) is 7.36. The van der Waals surface area contributed by atoms with Crippen molar-refractivity contribution < 1.29 is 4.74 Å². The van der Waals surface area contributed by atoms with Gasteiger partial charge in [-0.1, -0.05) is 29.6 Å². The number of rotatable bonds is 4. The lowest BCUT2D eigenvalue weighted by Gasteiger charge is -2.19. The molecule has 0 fully saturated rings. The van der Waals surface area contributed by atoms with Gasteiger partial charge in [0.2, 0.25) is 0 Å². The van der Waals surface area contributed by atoms with E-state index in [-0.39, 0.29) is 0 Å². The average Bonchev–Trinajstić information content (AvgIpc) is 2.82. The molecule has 25 heavy (non-hydrogen) atoms. The monoisotopic (exact) mass is 378 g/mol. The van der Waals surface area contributed by atoms with Gasteiger partial charge in [0, 0.05) is 30.1 Å². The Morgan fingerprint density at radius 1 is 1.12 bits per heavy atom. The predicted octanol–water partition coefficient (Wildman–Crippen LogP) is 3.88. The normalized spacial score (nSPS) is 16.5. The molecule has 0 aliphatic carbocycles. The van der Waals surface area contributed by atoms with Crippen LogP contribution in [0.3, 0.4) is 0 Å². The van der Waals surface area contributed by atoms with Crippen molar-refractivity contribution in [2.75, 3.05) is 13.2 Å². The molecule has 5 nitrogen and oxygen atoms in total. The largest absolute Gasteiger partial charge is 0.487 e. The SMILES string of the molecule is Clc1cc(Cl)c2c(c1)C=C(CNCc1nnc3n1CCCCC3)CO2. The fourth-order valence-electron chi connectivity index (χ4n) is 3.38. The van der Waals surface area contributed by atoms with Gasteiger partial charge < -0.3 is 14.6 Å². The van der Waals surface area contributed by atoms with E-state index >= 15 is 0 Å². The van der Waals surface area contributed by atoms with Crippen LogP contribution in [0.25, 0.3) is 6.08 Å². The summed E-state index contributed by atoms with van der Waals surface area (Å²) in [6.07, 6.45) is 6.80. The summed E-state index contributed by atoms with van der Waals surface area (Å²) in [6.45, 7) is 2.98. The third-order valence-electron chi connectivity index (χ3n) is 4.62. The van der Waals surface area contributed by atoms with E-state index in [0.29, 0.717) is 28.9 Å². The molecule has 0 amide bonds. The first kappa shape index (κ1) is 16.9. The van der Waals surface area contributed by atoms with Crippen molar-refractivity contribution in [2.45, 2.75) is 38.8 Å². The molecule has 0 atom stereocenters. The Morgan fingerprint density at radius 3 is 2.96 bits per heavy atom. The van der Waals surface area contributed by atoms with Crippen molar-refractivity contribution in [3.8, 4) is 5.75 Å². The molecule has 2 aliphatic rings. The maximum atomic E-state index is 6.18. The van der Waals surface area contributed by atoms with E-state index in [1.165, 1.54) is 19.3 Å². The Labute approximate surface area is 157 Å². The Balaban J connectivity index is 1.41. The topological polar surface area (TPSA) is 52.0 Å². The summed E-state index contributed by atoms with van der Waals surface area (Å²) in [6, 6.07) is 3.58. The Kier molecular flexibility index (Phi) is 4.97. The molecule has 0 saturated heterocycles. The van der Waals surface area contributed by atoms with Crippen molar-refractivity contribution in [1.82, 2.24) is 20.1 Å². The molecule has 0 saturated carbocycles. The number of fused-ring (bicyclic) bond motifs is 2. The standard InChI is InChI=1S/C18H20Cl2N4O/c19-14-7-13-6-12(11-25-18(13)15(20)8-14)9-21-10-17-23-22-16-4-2-1-3-5-24(16)17/h6-8,21H,1-5,9-11H2. The number of benzene rings is 1. The van der Waals surface area contributed by atoms with Gasteiger partial charge in [0.25, 0.3) is 0 Å². The first-order valence-corrected chi connectivity index (χ1v) is 9.39. The van der Waals surface area contributed by atoms with Crippen molar-refractivity contribution in [3.63, 3.8) is 0 Å². The van der Waals surface area contributed by atoms with Crippen LogP contribution in [0.2, 0.25) is 10.0 Å². The second-order valence-electron chi connectivity index (χ2n) is 6.50. The summed E-state index contributed by atoms with van der Waals surface area (Å²) >= 11 is 12.3. The number of aromatic nitrogens is 3. The van der Waals surface area contributed by atoms with Gasteiger partial charge in [-0.15, -0.1) is 10.2 Å². The highest BCUT2D eigenvalue weighted by Crippen LogP contribution is 2.36. The van der Waals surface area contributed by atoms with E-state index < -0.39 is 0 Å². The molecule has 1 N–H and O–H groups in total. The minimum atomic E-state index is 0.527. The van der Waals surface area contributed by atoms with Gasteiger partial charge in [-0.3, -0.25) is 0 Å². The lowest BCUT2D eigenvalue weighted by Crippen LogP contribution is -2.23. The molecule has 1 aromatic carbocycles. The van der Waals surface area contributed by atoms with E-state index in [4.69, 9.17) is 27.9 Å². The lowest BCUT2D eigenvalue weighted by molar-refractivity contribution is 0.343. The maximum absolute atomic E-state index is 6.18. The number of hydrogen-bond donors (Lipinski definition) is 1. The van der Waals surface area contributed by atoms with E-state index in [0.717, 1.165) is 42.3 Å². The molecule has 1 aromatic heterocycles. The first-order chi connectivity index (χ1) is 12.2. The summed E-state index contributed by atoms with van der Waals surface area (Å²) in [5, 5.41) is 13.3. The van der Waals surface area contributed by atoms with Crippen LogP contribution in [0.5, 0.6) is 5.75 Å². The summed E-state index contributed by atoms with van der Waals surface area (Å²) < 4.78 is 8.05. The summed E-state index contributed by atoms with van der Waals surface area (Å²) in [5.41, 5.74) is 2.08. The number of hydrogen-bond acceptors (Lipinski definition) is 4. The smallest absolute Gasteiger partial charge is 0.147 e. The minimum Gasteiger partial charge on any atom is -0.487 e. The van der Waals surface area contributed by atoms with Crippen LogP contribution >= 0.6 is 23.2 Å². The molecule has 4 rings (SSSR count). The molecule has 0 radical (unpaired) electrons. The molecule has 132 valence electrons. The van der Waals surface area contributed by atoms with Gasteiger partial charge in [0.05, 0.1) is 11.6 Å². The van der Waals surface area contributed by atoms with E-state index in [1.54, 1.807) is 6.07 Å². The highest BCUT2D eigenvalue weighted by Gasteiger charge is 2.17. The van der Waals surface area contributed by atoms with Crippen molar-refractivity contribution >= 4 is 29.3 Å². The molecule has 2 aliphatic heterocycles. The summed E-state index contributed by atoms with van der Waals surface area (Å²) in [4.78, 5) is 0. The fourth-order valence-corrected chi connectivity index (χ4v) is 3.94. The zero-order valence-corrected chi connectivity index (χ0v) is 15.4. The van der Waals surface area contributed by atoms with Gasteiger partial charge in [0.15, 0.2) is 0 Å². The molecule has 0 spiro atoms. The molecular formula is C18H20Cl2N4O. The van der Waals surface area contributed by atoms with Crippen LogP contribution in [0.4, 0.5) is 0 Å². The van der Waals surface area contributed by atoms with E-state index in [9.17, 15) is 0 Å². The zero-order valence-electron chi connectivity index (χ0n) is 13.9. The highest BCUT2D eigenvalue weighted by atomic mass is 35.5. The molecule has 3 heterocycles. The van der Waals surface area contributed by atoms with Crippen molar-refractivity contribution in [3.05, 3.63) is 45.0 Å². The van der Waals surface area contributed by atoms with Crippen molar-refractivity contribution in [1.29, 1.82) is 0 Å². The molecule has 7 heteroatoms. The van der Waals surface area contributed by atoms with Gasteiger partial charge in [0.1, 0.15) is 24.0 Å². The zero-order chi connectivity index (χ0) is 17.2. The summed E-state index contributed by atoms with van der Waals surface area (Å²) in [7, 11) is 0. The fraction of sp³-hybridized carbons (Fsp3) is 0.444. The first-order valence-electron chi connectivity index (χ1n) is 8.63. The highest BCUT2D eigenvalue weighted by molar-refractivity contribution is 6.36. The van der Waals surface area contributed by atoms with Crippen LogP contribution < -0.4 is 10.1 Å². The minimum absolute atomic E-state index is 0.527. The molecule has 0 bridgehead atoms. The summed E-state index contributed by atoms with van der Waals surface area (Å²) in [5.74, 6) is 2.84. The van der Waals surface area contributed by atoms with Gasteiger partial charge in [-0.2, -0.15) is 0 Å². The Morgan fingerprint density at radius 2 is 2.04 bits per heavy atom. The number of nitrogens with one attached hydrogen (secondary N) is 1. The number of ether oxygens (including phenoxy) is 1. The Hall–Kier alpha value is -1.56. The molecular weight excluding hydrogens is 359 g/mol. The lowest BCUT2D eigenvalue weighted by atomic mass is 10.1. The van der Waals surface area contributed by atoms with E-state index in [2.05, 4.69) is 26.2 Å². The number of nitrogens with zero attached hydrogens (tertiary/aromatic N) is 3. The predicted molar refractivity (Wildman–Crippen MR) is 99.2 cm³/mol. The quantitative estimate of drug-likeness (QED) is 0.876. The van der Waals surface area contributed by atoms with Gasteiger partial charge in [-0.05, 0) is 36.6 Å². The molecule has 2 aromatic rings. The second-order valence-corrected chi connectivity index (χ2v) is 7.34. The van der Waals surface area contributed by atoms with Crippen LogP contribution in [0.1, 0.15) is 36.5 Å². The van der Waals surface area contributed by atoms with Crippen LogP contribution in [-0.4, -0.2) is 27.9 Å². The van der Waals surface area contributed by atoms with Gasteiger partial charge >= 0.3 is 0 Å². The third-order valence-corrected chi connectivity index (χ3v) is 5.12. The van der Waals surface area contributed by atoms with E-state index in [1.807, 2.05) is 6.07 Å². The Bertz CT molecular complexity index is 816.